The summed E-state index contributed by atoms with van der Waals surface area (Å²) in [4.78, 5) is 4.29. The lowest BCUT2D eigenvalue weighted by atomic mass is 9.71. The van der Waals surface area contributed by atoms with E-state index in [4.69, 9.17) is 0 Å². The number of anilines is 1. The van der Waals surface area contributed by atoms with Gasteiger partial charge in [0.15, 0.2) is 5.03 Å². The Morgan fingerprint density at radius 3 is 2.35 bits per heavy atom. The Hall–Kier alpha value is -1.45. The Morgan fingerprint density at radius 2 is 1.77 bits per heavy atom. The van der Waals surface area contributed by atoms with E-state index in [9.17, 15) is 16.8 Å². The lowest BCUT2D eigenvalue weighted by molar-refractivity contribution is 0.178. The number of hydrogen-bond donors (Lipinski definition) is 1. The molecule has 172 valence electrons. The van der Waals surface area contributed by atoms with Crippen molar-refractivity contribution < 1.29 is 16.8 Å². The molecule has 0 bridgehead atoms. The van der Waals surface area contributed by atoms with Crippen molar-refractivity contribution in [2.24, 2.45) is 11.3 Å². The highest BCUT2D eigenvalue weighted by Gasteiger charge is 2.35. The van der Waals surface area contributed by atoms with Crippen molar-refractivity contribution in [2.45, 2.75) is 80.6 Å². The number of aromatic nitrogens is 1. The van der Waals surface area contributed by atoms with Crippen LogP contribution in [0.15, 0.2) is 38.5 Å². The van der Waals surface area contributed by atoms with E-state index in [0.717, 1.165) is 36.2 Å². The molecule has 1 aromatic carbocycles. The summed E-state index contributed by atoms with van der Waals surface area (Å²) in [6.45, 7) is 10.3. The van der Waals surface area contributed by atoms with Crippen molar-refractivity contribution in [3.63, 3.8) is 0 Å². The highest BCUT2D eigenvalue weighted by molar-refractivity contribution is 7.94. The number of thiazole rings is 1. The molecule has 0 aliphatic heterocycles. The van der Waals surface area contributed by atoms with Crippen molar-refractivity contribution in [2.75, 3.05) is 11.1 Å². The average Bonchev–Trinajstić information content (AvgIpc) is 3.06. The van der Waals surface area contributed by atoms with Gasteiger partial charge in [-0.2, -0.15) is 0 Å². The van der Waals surface area contributed by atoms with Crippen LogP contribution in [0.1, 0.15) is 58.9 Å². The lowest BCUT2D eigenvalue weighted by Crippen LogP contribution is -2.35. The predicted octanol–water partition coefficient (Wildman–Crippen LogP) is 5.09. The number of rotatable bonds is 7. The van der Waals surface area contributed by atoms with Crippen LogP contribution in [-0.4, -0.2) is 33.6 Å². The van der Waals surface area contributed by atoms with Gasteiger partial charge in [-0.25, -0.2) is 21.8 Å². The molecule has 2 atom stereocenters. The Morgan fingerprint density at radius 1 is 1.13 bits per heavy atom. The summed E-state index contributed by atoms with van der Waals surface area (Å²) in [5.74, 6) is 0.437. The van der Waals surface area contributed by atoms with Crippen LogP contribution in [0.2, 0.25) is 0 Å². The van der Waals surface area contributed by atoms with E-state index in [-0.39, 0.29) is 31.5 Å². The second-order valence-corrected chi connectivity index (χ2v) is 14.7. The second-order valence-electron chi connectivity index (χ2n) is 9.50. The molecule has 31 heavy (non-hydrogen) atoms. The van der Waals surface area contributed by atoms with Crippen LogP contribution >= 0.6 is 11.3 Å². The summed E-state index contributed by atoms with van der Waals surface area (Å²) in [5.41, 5.74) is 1.08. The molecule has 1 N–H and O–H groups in total. The molecule has 1 aliphatic carbocycles. The van der Waals surface area contributed by atoms with Crippen molar-refractivity contribution >= 4 is 36.0 Å². The van der Waals surface area contributed by atoms with Gasteiger partial charge in [0, 0.05) is 6.04 Å². The number of nitrogens with zero attached hydrogens (tertiary/aromatic N) is 1. The van der Waals surface area contributed by atoms with E-state index in [1.807, 2.05) is 6.92 Å². The molecule has 1 fully saturated rings. The third kappa shape index (κ3) is 5.49. The monoisotopic (exact) mass is 484 g/mol. The predicted molar refractivity (Wildman–Crippen MR) is 125 cm³/mol. The van der Waals surface area contributed by atoms with E-state index < -0.39 is 19.7 Å². The topological polar surface area (TPSA) is 93.2 Å². The number of benzene rings is 1. The maximum absolute atomic E-state index is 13.4. The molecule has 0 amide bonds. The van der Waals surface area contributed by atoms with Crippen molar-refractivity contribution in [3.05, 3.63) is 29.8 Å². The van der Waals surface area contributed by atoms with Crippen LogP contribution < -0.4 is 5.32 Å². The first-order valence-corrected chi connectivity index (χ1v) is 14.6. The van der Waals surface area contributed by atoms with Gasteiger partial charge in [-0.05, 0) is 56.1 Å². The minimum absolute atomic E-state index is 0.0581. The highest BCUT2D eigenvalue weighted by Crippen LogP contribution is 2.42. The first kappa shape index (κ1) is 24.2. The van der Waals surface area contributed by atoms with Gasteiger partial charge in [-0.1, -0.05) is 56.7 Å². The van der Waals surface area contributed by atoms with Crippen molar-refractivity contribution in [3.8, 4) is 0 Å². The zero-order valence-electron chi connectivity index (χ0n) is 18.8. The zero-order chi connectivity index (χ0) is 23.0. The van der Waals surface area contributed by atoms with Gasteiger partial charge in [0.05, 0.1) is 10.6 Å². The molecular formula is C22H32N2O4S3. The summed E-state index contributed by atoms with van der Waals surface area (Å²) in [6, 6.07) is 6.60. The third-order valence-electron chi connectivity index (χ3n) is 5.62. The van der Waals surface area contributed by atoms with Crippen LogP contribution in [-0.2, 0) is 19.7 Å². The molecule has 0 radical (unpaired) electrons. The van der Waals surface area contributed by atoms with Gasteiger partial charge in [-0.3, -0.25) is 0 Å². The summed E-state index contributed by atoms with van der Waals surface area (Å²) in [7, 11) is -7.59. The maximum atomic E-state index is 13.4. The molecule has 1 aliphatic rings. The van der Waals surface area contributed by atoms with Crippen molar-refractivity contribution in [1.29, 1.82) is 0 Å². The number of sulfone groups is 2. The maximum Gasteiger partial charge on any atom is 0.226 e. The molecule has 2 aromatic rings. The summed E-state index contributed by atoms with van der Waals surface area (Å²) in [5, 5.41) is 3.51. The normalized spacial score (nSPS) is 21.7. The Kier molecular flexibility index (Phi) is 6.89. The van der Waals surface area contributed by atoms with Gasteiger partial charge >= 0.3 is 0 Å². The summed E-state index contributed by atoms with van der Waals surface area (Å²) < 4.78 is 52.0. The first-order valence-electron chi connectivity index (χ1n) is 10.7. The molecule has 9 heteroatoms. The van der Waals surface area contributed by atoms with E-state index in [1.165, 1.54) is 0 Å². The Labute approximate surface area is 190 Å². The van der Waals surface area contributed by atoms with Gasteiger partial charge in [0.1, 0.15) is 5.00 Å². The standard InChI is InChI=1S/C22H32N2O4S3/c1-6-11-30(25,26)21-24-20(31(27,28)18-9-7-15(2)8-10-18)19(29-21)23-17-12-16(3)13-22(4,5)14-17/h7-10,16-17,23H,6,11-14H2,1-5H3/t16-,17+/m0/s1. The van der Waals surface area contributed by atoms with Crippen molar-refractivity contribution in [1.82, 2.24) is 4.98 Å². The largest absolute Gasteiger partial charge is 0.372 e. The van der Waals surface area contributed by atoms with Crippen LogP contribution in [0.5, 0.6) is 0 Å². The fourth-order valence-electron chi connectivity index (χ4n) is 4.52. The minimum atomic E-state index is -3.96. The van der Waals surface area contributed by atoms with Crippen LogP contribution in [0.25, 0.3) is 0 Å². The molecule has 1 aromatic heterocycles. The first-order chi connectivity index (χ1) is 14.3. The molecule has 0 spiro atoms. The van der Waals surface area contributed by atoms with E-state index in [1.54, 1.807) is 31.2 Å². The van der Waals surface area contributed by atoms with E-state index in [2.05, 4.69) is 31.1 Å². The van der Waals surface area contributed by atoms with Gasteiger partial charge < -0.3 is 5.32 Å². The molecule has 0 saturated heterocycles. The SMILES string of the molecule is CCCS(=O)(=O)c1nc(S(=O)(=O)c2ccc(C)cc2)c(N[C@@H]2C[C@H](C)CC(C)(C)C2)s1. The van der Waals surface area contributed by atoms with Gasteiger partial charge in [-0.15, -0.1) is 0 Å². The number of nitrogens with one attached hydrogen (secondary N) is 1. The molecular weight excluding hydrogens is 452 g/mol. The average molecular weight is 485 g/mol. The Bertz CT molecular complexity index is 1130. The highest BCUT2D eigenvalue weighted by atomic mass is 32.2. The molecule has 6 nitrogen and oxygen atoms in total. The molecule has 1 heterocycles. The van der Waals surface area contributed by atoms with E-state index >= 15 is 0 Å². The third-order valence-corrected chi connectivity index (χ3v) is 10.8. The fourth-order valence-corrected chi connectivity index (χ4v) is 8.94. The summed E-state index contributed by atoms with van der Waals surface area (Å²) >= 11 is 0.937. The smallest absolute Gasteiger partial charge is 0.226 e. The molecule has 1 saturated carbocycles. The Balaban J connectivity index is 2.07. The van der Waals surface area contributed by atoms with Crippen LogP contribution in [0.3, 0.4) is 0 Å². The van der Waals surface area contributed by atoms with Gasteiger partial charge in [0.2, 0.25) is 24.0 Å². The van der Waals surface area contributed by atoms with Crippen LogP contribution in [0.4, 0.5) is 5.00 Å². The second kappa shape index (κ2) is 8.83. The minimum Gasteiger partial charge on any atom is -0.372 e. The lowest BCUT2D eigenvalue weighted by Gasteiger charge is -2.39. The molecule has 3 rings (SSSR count). The zero-order valence-corrected chi connectivity index (χ0v) is 21.3. The molecule has 0 unspecified atom stereocenters. The fraction of sp³-hybridized carbons (Fsp3) is 0.591. The van der Waals surface area contributed by atoms with E-state index in [0.29, 0.717) is 17.3 Å². The quantitative estimate of drug-likeness (QED) is 0.588. The number of hydrogen-bond acceptors (Lipinski definition) is 7. The van der Waals surface area contributed by atoms with Crippen LogP contribution in [0, 0.1) is 18.3 Å². The number of aryl methyl sites for hydroxylation is 1. The summed E-state index contributed by atoms with van der Waals surface area (Å²) in [6.07, 6.45) is 3.34. The van der Waals surface area contributed by atoms with Gasteiger partial charge in [0.25, 0.3) is 0 Å².